The molecule has 28 heavy (non-hydrogen) atoms. The molecule has 1 aliphatic rings. The lowest BCUT2D eigenvalue weighted by Crippen LogP contribution is -2.36. The highest BCUT2D eigenvalue weighted by atomic mass is 32.2. The van der Waals surface area contributed by atoms with Gasteiger partial charge in [-0.05, 0) is 74.4 Å². The fourth-order valence-corrected chi connectivity index (χ4v) is 4.03. The second-order valence-corrected chi connectivity index (χ2v) is 8.01. The molecule has 1 aliphatic heterocycles. The van der Waals surface area contributed by atoms with E-state index in [4.69, 9.17) is 9.73 Å². The van der Waals surface area contributed by atoms with Crippen LogP contribution >= 0.6 is 11.8 Å². The number of hydrogen-bond donors (Lipinski definition) is 0. The largest absolute Gasteiger partial charge is 0.496 e. The predicted molar refractivity (Wildman–Crippen MR) is 118 cm³/mol. The first-order valence-electron chi connectivity index (χ1n) is 9.46. The summed E-state index contributed by atoms with van der Waals surface area (Å²) in [6, 6.07) is 14.1. The van der Waals surface area contributed by atoms with Crippen LogP contribution in [-0.2, 0) is 4.79 Å². The minimum absolute atomic E-state index is 0.00440. The van der Waals surface area contributed by atoms with Gasteiger partial charge in [-0.2, -0.15) is 0 Å². The number of methoxy groups -OCH3 is 1. The highest BCUT2D eigenvalue weighted by Crippen LogP contribution is 2.36. The molecule has 0 unspecified atom stereocenters. The molecule has 1 heterocycles. The fraction of sp³-hybridized carbons (Fsp3) is 0.304. The minimum atomic E-state index is 0.00440. The van der Waals surface area contributed by atoms with Crippen molar-refractivity contribution in [1.29, 1.82) is 0 Å². The number of benzene rings is 2. The summed E-state index contributed by atoms with van der Waals surface area (Å²) in [6.07, 6.45) is 2.78. The number of nitrogens with zero attached hydrogens (tertiary/aromatic N) is 2. The Hall–Kier alpha value is -2.53. The highest BCUT2D eigenvalue weighted by Gasteiger charge is 2.36. The number of aliphatic imine (C=N–C) groups is 1. The van der Waals surface area contributed by atoms with E-state index >= 15 is 0 Å². The van der Waals surface area contributed by atoms with Gasteiger partial charge in [0.25, 0.3) is 5.91 Å². The van der Waals surface area contributed by atoms with Crippen LogP contribution in [-0.4, -0.2) is 29.1 Å². The van der Waals surface area contributed by atoms with E-state index in [2.05, 4.69) is 13.8 Å². The number of thioether (sulfide) groups is 1. The van der Waals surface area contributed by atoms with Crippen molar-refractivity contribution in [1.82, 2.24) is 4.90 Å². The van der Waals surface area contributed by atoms with Crippen LogP contribution in [0.25, 0.3) is 6.08 Å². The van der Waals surface area contributed by atoms with Crippen LogP contribution in [0.3, 0.4) is 0 Å². The van der Waals surface area contributed by atoms with Gasteiger partial charge < -0.3 is 4.74 Å². The third-order valence-electron chi connectivity index (χ3n) is 4.86. The van der Waals surface area contributed by atoms with Crippen LogP contribution in [0.2, 0.25) is 0 Å². The van der Waals surface area contributed by atoms with Crippen molar-refractivity contribution in [2.75, 3.05) is 7.11 Å². The summed E-state index contributed by atoms with van der Waals surface area (Å²) in [6.45, 7) is 8.19. The lowest BCUT2D eigenvalue weighted by Gasteiger charge is -2.22. The Morgan fingerprint density at radius 1 is 1.18 bits per heavy atom. The number of amidine groups is 1. The van der Waals surface area contributed by atoms with E-state index in [0.29, 0.717) is 4.91 Å². The summed E-state index contributed by atoms with van der Waals surface area (Å²) >= 11 is 1.43. The molecule has 4 nitrogen and oxygen atoms in total. The van der Waals surface area contributed by atoms with Crippen LogP contribution in [0.1, 0.15) is 37.0 Å². The molecule has 0 bridgehead atoms. The van der Waals surface area contributed by atoms with Crippen molar-refractivity contribution in [3.8, 4) is 5.75 Å². The van der Waals surface area contributed by atoms with E-state index in [1.165, 1.54) is 17.3 Å². The van der Waals surface area contributed by atoms with Crippen LogP contribution < -0.4 is 4.74 Å². The van der Waals surface area contributed by atoms with Crippen LogP contribution in [0.15, 0.2) is 52.4 Å². The van der Waals surface area contributed by atoms with Gasteiger partial charge in [-0.15, -0.1) is 0 Å². The topological polar surface area (TPSA) is 41.9 Å². The maximum absolute atomic E-state index is 13.1. The molecule has 0 N–H and O–H groups in total. The monoisotopic (exact) mass is 394 g/mol. The summed E-state index contributed by atoms with van der Waals surface area (Å²) in [5.74, 6) is 0.821. The average Bonchev–Trinajstić information content (AvgIpc) is 2.99. The van der Waals surface area contributed by atoms with Gasteiger partial charge in [-0.1, -0.05) is 36.8 Å². The molecule has 1 saturated heterocycles. The standard InChI is InChI=1S/C23H26N2O2S/c1-6-17(4)25-22(26)21(14-18-10-9-16(3)20(13-18)27-5)28-23(25)24-19-11-7-15(2)8-12-19/h7-14,17H,6H2,1-5H3/b21-14+,24-23?/t17-/m1/s1. The maximum Gasteiger partial charge on any atom is 0.266 e. The number of rotatable bonds is 5. The van der Waals surface area contributed by atoms with Gasteiger partial charge in [0.15, 0.2) is 5.17 Å². The third kappa shape index (κ3) is 4.30. The normalized spacial score (nSPS) is 18.2. The van der Waals surface area contributed by atoms with Gasteiger partial charge in [0, 0.05) is 6.04 Å². The third-order valence-corrected chi connectivity index (χ3v) is 5.84. The Balaban J connectivity index is 1.98. The quantitative estimate of drug-likeness (QED) is 0.610. The Morgan fingerprint density at radius 2 is 1.89 bits per heavy atom. The number of aryl methyl sites for hydroxylation is 2. The van der Waals surface area contributed by atoms with Gasteiger partial charge in [-0.25, -0.2) is 4.99 Å². The molecule has 1 atom stereocenters. The SMILES string of the molecule is CC[C@@H](C)N1C(=O)/C(=C\c2ccc(C)c(OC)c2)SC1=Nc1ccc(C)cc1. The molecule has 0 aromatic heterocycles. The van der Waals surface area contributed by atoms with Crippen molar-refractivity contribution in [3.63, 3.8) is 0 Å². The van der Waals surface area contributed by atoms with E-state index in [0.717, 1.165) is 34.2 Å². The first kappa shape index (κ1) is 20.2. The molecular weight excluding hydrogens is 368 g/mol. The lowest BCUT2D eigenvalue weighted by molar-refractivity contribution is -0.123. The van der Waals surface area contributed by atoms with Gasteiger partial charge in [0.1, 0.15) is 5.75 Å². The number of carbonyl (C=O) groups excluding carboxylic acids is 1. The second kappa shape index (κ2) is 8.65. The second-order valence-electron chi connectivity index (χ2n) is 7.00. The van der Waals surface area contributed by atoms with Crippen molar-refractivity contribution in [2.45, 2.75) is 40.2 Å². The number of carbonyl (C=O) groups is 1. The van der Waals surface area contributed by atoms with E-state index in [9.17, 15) is 4.79 Å². The minimum Gasteiger partial charge on any atom is -0.496 e. The number of ether oxygens (including phenoxy) is 1. The Bertz CT molecular complexity index is 932. The summed E-state index contributed by atoms with van der Waals surface area (Å²) < 4.78 is 5.41. The van der Waals surface area contributed by atoms with E-state index < -0.39 is 0 Å². The number of hydrogen-bond acceptors (Lipinski definition) is 4. The summed E-state index contributed by atoms with van der Waals surface area (Å²) in [5, 5.41) is 0.730. The van der Waals surface area contributed by atoms with E-state index in [-0.39, 0.29) is 11.9 Å². The molecule has 0 saturated carbocycles. The summed E-state index contributed by atoms with van der Waals surface area (Å²) in [5.41, 5.74) is 4.05. The van der Waals surface area contributed by atoms with Gasteiger partial charge in [-0.3, -0.25) is 9.69 Å². The zero-order valence-corrected chi connectivity index (χ0v) is 17.8. The van der Waals surface area contributed by atoms with Crippen molar-refractivity contribution < 1.29 is 9.53 Å². The molecule has 1 amide bonds. The molecule has 3 rings (SSSR count). The first-order valence-corrected chi connectivity index (χ1v) is 10.3. The predicted octanol–water partition coefficient (Wildman–Crippen LogP) is 5.71. The molecule has 2 aromatic rings. The van der Waals surface area contributed by atoms with E-state index in [1.807, 2.05) is 67.3 Å². The highest BCUT2D eigenvalue weighted by molar-refractivity contribution is 8.18. The molecule has 1 fully saturated rings. The van der Waals surface area contributed by atoms with E-state index in [1.54, 1.807) is 7.11 Å². The van der Waals surface area contributed by atoms with Crippen molar-refractivity contribution in [3.05, 3.63) is 64.1 Å². The first-order chi connectivity index (χ1) is 13.4. The molecule has 0 spiro atoms. The van der Waals surface area contributed by atoms with Gasteiger partial charge in [0.05, 0.1) is 17.7 Å². The zero-order valence-electron chi connectivity index (χ0n) is 17.0. The molecule has 0 aliphatic carbocycles. The van der Waals surface area contributed by atoms with Crippen LogP contribution in [0.5, 0.6) is 5.75 Å². The summed E-state index contributed by atoms with van der Waals surface area (Å²) in [4.78, 5) is 20.4. The Kier molecular flexibility index (Phi) is 6.25. The Labute approximate surface area is 171 Å². The molecule has 5 heteroatoms. The Morgan fingerprint density at radius 3 is 2.54 bits per heavy atom. The average molecular weight is 395 g/mol. The lowest BCUT2D eigenvalue weighted by atomic mass is 10.1. The zero-order chi connectivity index (χ0) is 20.3. The molecule has 0 radical (unpaired) electrons. The van der Waals surface area contributed by atoms with Crippen LogP contribution in [0.4, 0.5) is 5.69 Å². The number of amides is 1. The van der Waals surface area contributed by atoms with Crippen molar-refractivity contribution in [2.24, 2.45) is 4.99 Å². The smallest absolute Gasteiger partial charge is 0.266 e. The molecular formula is C23H26N2O2S. The molecule has 2 aromatic carbocycles. The van der Waals surface area contributed by atoms with Crippen molar-refractivity contribution >= 4 is 34.6 Å². The van der Waals surface area contributed by atoms with Crippen LogP contribution in [0, 0.1) is 13.8 Å². The molecule has 146 valence electrons. The van der Waals surface area contributed by atoms with Gasteiger partial charge >= 0.3 is 0 Å². The summed E-state index contributed by atoms with van der Waals surface area (Å²) in [7, 11) is 1.66. The van der Waals surface area contributed by atoms with Gasteiger partial charge in [0.2, 0.25) is 0 Å². The maximum atomic E-state index is 13.1. The fourth-order valence-electron chi connectivity index (χ4n) is 2.94.